The van der Waals surface area contributed by atoms with Crippen molar-refractivity contribution in [1.29, 1.82) is 21.0 Å². The molecule has 0 radical (unpaired) electrons. The second kappa shape index (κ2) is 19.7. The van der Waals surface area contributed by atoms with Gasteiger partial charge in [-0.05, 0) is 138 Å². The van der Waals surface area contributed by atoms with Gasteiger partial charge in [0.1, 0.15) is 11.2 Å². The molecule has 2 unspecified atom stereocenters. The predicted octanol–water partition coefficient (Wildman–Crippen LogP) is 15.3. The molecule has 8 aliphatic carbocycles. The topological polar surface area (TPSA) is 104 Å². The van der Waals surface area contributed by atoms with Crippen LogP contribution in [0.5, 0.6) is 0 Å². The molecule has 0 heterocycles. The number of allylic oxidation sites excluding steroid dienone is 4. The maximum Gasteiger partial charge on any atom is 0.124 e. The molecule has 6 saturated carbocycles. The lowest BCUT2D eigenvalue weighted by molar-refractivity contribution is -0.128. The van der Waals surface area contributed by atoms with Crippen LogP contribution < -0.4 is 0 Å². The predicted molar refractivity (Wildman–Crippen MR) is 239 cm³/mol. The third kappa shape index (κ3) is 9.24. The van der Waals surface area contributed by atoms with E-state index in [1.807, 2.05) is 0 Å². The summed E-state index contributed by atoms with van der Waals surface area (Å²) in [6.45, 7) is 8.92. The molecular weight excluding hydrogens is 721 g/mol. The first-order valence-corrected chi connectivity index (χ1v) is 24.9. The van der Waals surface area contributed by atoms with Gasteiger partial charge in [0.05, 0.1) is 46.6 Å². The molecule has 5 nitrogen and oxygen atoms in total. The van der Waals surface area contributed by atoms with Crippen LogP contribution in [-0.4, -0.2) is 11.2 Å². The molecule has 6 fully saturated rings. The number of hydrogen-bond donors (Lipinski definition) is 0. The van der Waals surface area contributed by atoms with Crippen molar-refractivity contribution in [2.75, 3.05) is 0 Å². The molecule has 0 aromatic carbocycles. The van der Waals surface area contributed by atoms with E-state index in [2.05, 4.69) is 76.3 Å². The molecule has 4 bridgehead atoms. The lowest BCUT2D eigenvalue weighted by Gasteiger charge is -2.56. The second-order valence-corrected chi connectivity index (χ2v) is 21.0. The molecular formula is C54H78N4O. The second-order valence-electron chi connectivity index (χ2n) is 21.0. The Bertz CT molecular complexity index is 1580. The van der Waals surface area contributed by atoms with Crippen molar-refractivity contribution in [2.45, 2.75) is 232 Å². The van der Waals surface area contributed by atoms with Gasteiger partial charge in [-0.3, -0.25) is 0 Å². The number of fused-ring (bicyclic) bond motifs is 6. The van der Waals surface area contributed by atoms with Gasteiger partial charge in [-0.2, -0.15) is 21.0 Å². The van der Waals surface area contributed by atoms with Gasteiger partial charge in [0.25, 0.3) is 0 Å². The maximum absolute atomic E-state index is 11.7. The van der Waals surface area contributed by atoms with E-state index in [1.165, 1.54) is 38.5 Å². The van der Waals surface area contributed by atoms with Gasteiger partial charge in [0.2, 0.25) is 0 Å². The highest BCUT2D eigenvalue weighted by atomic mass is 16.5. The molecule has 0 N–H and O–H groups in total. The van der Waals surface area contributed by atoms with Crippen molar-refractivity contribution in [1.82, 2.24) is 0 Å². The Hall–Kier alpha value is -3.12. The van der Waals surface area contributed by atoms with E-state index in [0.717, 1.165) is 153 Å². The van der Waals surface area contributed by atoms with Crippen LogP contribution in [0.25, 0.3) is 0 Å². The average molecular weight is 799 g/mol. The standard InChI is InChI=1S/C54H78N4O/c1-5-9-13-23-51(24-14-10-6-2)33-35-53(47(39-57)45(51)37-55,41-49-27-17-43(18-28-49)19-29-49)59-54(42-50-30-20-44(21-31-50)22-32-50)36-34-52(25-15-11-7-3,26-16-12-8-4)46(38-56)48(54)40-58/h33-36,43-44H,5-32,41-42H2,1-4H3. The Balaban J connectivity index is 1.58. The fourth-order valence-corrected chi connectivity index (χ4v) is 13.5. The van der Waals surface area contributed by atoms with Crippen molar-refractivity contribution < 1.29 is 4.74 Å². The monoisotopic (exact) mass is 799 g/mol. The summed E-state index contributed by atoms with van der Waals surface area (Å²) in [6, 6.07) is 11.0. The zero-order valence-corrected chi connectivity index (χ0v) is 37.9. The summed E-state index contributed by atoms with van der Waals surface area (Å²) in [5, 5.41) is 46.1. The largest absolute Gasteiger partial charge is 0.349 e. The summed E-state index contributed by atoms with van der Waals surface area (Å²) in [5.41, 5.74) is -1.15. The number of ether oxygens (including phenoxy) is 1. The maximum atomic E-state index is 11.7. The Morgan fingerprint density at radius 2 is 0.729 bits per heavy atom. The van der Waals surface area contributed by atoms with E-state index in [9.17, 15) is 21.0 Å². The van der Waals surface area contributed by atoms with Crippen LogP contribution in [0.3, 0.4) is 0 Å². The van der Waals surface area contributed by atoms with E-state index < -0.39 is 22.0 Å². The summed E-state index contributed by atoms with van der Waals surface area (Å²) in [7, 11) is 0. The number of rotatable bonds is 22. The van der Waals surface area contributed by atoms with E-state index in [4.69, 9.17) is 4.74 Å². The van der Waals surface area contributed by atoms with Gasteiger partial charge in [0, 0.05) is 10.8 Å². The van der Waals surface area contributed by atoms with E-state index >= 15 is 0 Å². The van der Waals surface area contributed by atoms with Gasteiger partial charge >= 0.3 is 0 Å². The lowest BCUT2D eigenvalue weighted by Crippen LogP contribution is -2.54. The zero-order chi connectivity index (χ0) is 42.0. The first kappa shape index (κ1) is 45.4. The molecule has 0 spiro atoms. The van der Waals surface area contributed by atoms with Crippen molar-refractivity contribution in [3.8, 4) is 24.3 Å². The van der Waals surface area contributed by atoms with Crippen LogP contribution in [0.2, 0.25) is 0 Å². The van der Waals surface area contributed by atoms with E-state index in [0.29, 0.717) is 35.1 Å². The number of nitriles is 4. The molecule has 0 aromatic rings. The first-order chi connectivity index (χ1) is 28.6. The van der Waals surface area contributed by atoms with Gasteiger partial charge in [-0.1, -0.05) is 129 Å². The van der Waals surface area contributed by atoms with Crippen molar-refractivity contribution in [3.63, 3.8) is 0 Å². The molecule has 8 aliphatic rings. The highest BCUT2D eigenvalue weighted by molar-refractivity contribution is 5.58. The molecule has 0 amide bonds. The van der Waals surface area contributed by atoms with Gasteiger partial charge in [-0.25, -0.2) is 0 Å². The van der Waals surface area contributed by atoms with Crippen molar-refractivity contribution >= 4 is 0 Å². The molecule has 0 aliphatic heterocycles. The lowest BCUT2D eigenvalue weighted by atomic mass is 9.54. The van der Waals surface area contributed by atoms with Gasteiger partial charge in [0.15, 0.2) is 0 Å². The normalized spacial score (nSPS) is 32.7. The van der Waals surface area contributed by atoms with Crippen LogP contribution in [0.15, 0.2) is 46.6 Å². The average Bonchev–Trinajstić information content (AvgIpc) is 3.26. The van der Waals surface area contributed by atoms with Crippen LogP contribution >= 0.6 is 0 Å². The van der Waals surface area contributed by atoms with Crippen LogP contribution in [0.1, 0.15) is 220 Å². The summed E-state index contributed by atoms with van der Waals surface area (Å²) in [5.74, 6) is 1.57. The smallest absolute Gasteiger partial charge is 0.124 e. The summed E-state index contributed by atoms with van der Waals surface area (Å²) >= 11 is 0. The molecule has 320 valence electrons. The first-order valence-electron chi connectivity index (χ1n) is 24.9. The van der Waals surface area contributed by atoms with Gasteiger partial charge < -0.3 is 4.74 Å². The van der Waals surface area contributed by atoms with Crippen LogP contribution in [-0.2, 0) is 4.74 Å². The Morgan fingerprint density at radius 3 is 0.983 bits per heavy atom. The zero-order valence-electron chi connectivity index (χ0n) is 37.9. The van der Waals surface area contributed by atoms with Crippen LogP contribution in [0.4, 0.5) is 0 Å². The van der Waals surface area contributed by atoms with Gasteiger partial charge in [-0.15, -0.1) is 0 Å². The summed E-state index contributed by atoms with van der Waals surface area (Å²) in [4.78, 5) is 0. The van der Waals surface area contributed by atoms with E-state index in [1.54, 1.807) is 0 Å². The minimum atomic E-state index is -1.18. The fraction of sp³-hybridized carbons (Fsp3) is 0.778. The van der Waals surface area contributed by atoms with E-state index in [-0.39, 0.29) is 10.8 Å². The minimum Gasteiger partial charge on any atom is -0.349 e. The highest BCUT2D eigenvalue weighted by Crippen LogP contribution is 2.63. The molecule has 59 heavy (non-hydrogen) atoms. The number of hydrogen-bond acceptors (Lipinski definition) is 5. The highest BCUT2D eigenvalue weighted by Gasteiger charge is 2.59. The third-order valence-corrected chi connectivity index (χ3v) is 17.2. The Morgan fingerprint density at radius 1 is 0.441 bits per heavy atom. The number of nitrogens with zero attached hydrogens (tertiary/aromatic N) is 4. The quantitative estimate of drug-likeness (QED) is 0.0801. The Labute approximate surface area is 360 Å². The van der Waals surface area contributed by atoms with Crippen LogP contribution in [0, 0.1) is 78.8 Å². The Kier molecular flexibility index (Phi) is 15.2. The SMILES string of the molecule is CCCCCC1(CCCCC)C=CC(CC23CCC(CC2)CC3)(OC2(CC34CCC(CC3)CC4)C=CC(CCCCC)(CCCCC)C(C#N)=C2C#N)C(C#N)=C1C#N. The number of unbranched alkanes of at least 4 members (excludes halogenated alkanes) is 8. The van der Waals surface area contributed by atoms with Crippen molar-refractivity contribution in [3.05, 3.63) is 46.6 Å². The van der Waals surface area contributed by atoms with Crippen molar-refractivity contribution in [2.24, 2.45) is 33.5 Å². The molecule has 0 aromatic heterocycles. The molecule has 2 atom stereocenters. The molecule has 0 saturated heterocycles. The fourth-order valence-electron chi connectivity index (χ4n) is 13.5. The summed E-state index contributed by atoms with van der Waals surface area (Å²) in [6.07, 6.45) is 40.8. The molecule has 5 heteroatoms. The third-order valence-electron chi connectivity index (χ3n) is 17.2. The minimum absolute atomic E-state index is 0.00553. The molecule has 8 rings (SSSR count). The summed E-state index contributed by atoms with van der Waals surface area (Å²) < 4.78 is 8.13.